The Morgan fingerprint density at radius 2 is 1.77 bits per heavy atom. The molecule has 0 fully saturated rings. The molecule has 0 radical (unpaired) electrons. The van der Waals surface area contributed by atoms with Crippen molar-refractivity contribution in [3.8, 4) is 11.5 Å². The van der Waals surface area contributed by atoms with Crippen LogP contribution in [-0.2, 0) is 5.41 Å². The number of hydrogen-bond donors (Lipinski definition) is 1. The van der Waals surface area contributed by atoms with Crippen molar-refractivity contribution in [1.29, 1.82) is 0 Å². The van der Waals surface area contributed by atoms with Gasteiger partial charge in [0.1, 0.15) is 5.52 Å². The molecule has 4 nitrogen and oxygen atoms in total. The SMILES string of the molecule is CC(C)(C)c1ccc2oc(-c3ccc(C(=O)O)cc3)nc2c1. The number of oxazole rings is 1. The van der Waals surface area contributed by atoms with Gasteiger partial charge >= 0.3 is 5.97 Å². The van der Waals surface area contributed by atoms with E-state index in [4.69, 9.17) is 9.52 Å². The van der Waals surface area contributed by atoms with Crippen LogP contribution in [0.3, 0.4) is 0 Å². The highest BCUT2D eigenvalue weighted by Crippen LogP contribution is 2.29. The van der Waals surface area contributed by atoms with E-state index < -0.39 is 5.97 Å². The Kier molecular flexibility index (Phi) is 3.24. The van der Waals surface area contributed by atoms with Crippen molar-refractivity contribution in [3.63, 3.8) is 0 Å². The highest BCUT2D eigenvalue weighted by atomic mass is 16.4. The molecule has 0 aliphatic rings. The van der Waals surface area contributed by atoms with Crippen molar-refractivity contribution in [3.05, 3.63) is 53.6 Å². The van der Waals surface area contributed by atoms with Crippen molar-refractivity contribution >= 4 is 17.1 Å². The highest BCUT2D eigenvalue weighted by Gasteiger charge is 2.16. The number of fused-ring (bicyclic) bond motifs is 1. The molecule has 1 aromatic heterocycles. The topological polar surface area (TPSA) is 63.3 Å². The normalized spacial score (nSPS) is 11.8. The van der Waals surface area contributed by atoms with Crippen LogP contribution in [0.15, 0.2) is 46.9 Å². The second kappa shape index (κ2) is 4.98. The second-order valence-electron chi connectivity index (χ2n) is 6.33. The Morgan fingerprint density at radius 1 is 1.09 bits per heavy atom. The average molecular weight is 295 g/mol. The first kappa shape index (κ1) is 14.3. The summed E-state index contributed by atoms with van der Waals surface area (Å²) >= 11 is 0. The average Bonchev–Trinajstić information content (AvgIpc) is 2.89. The quantitative estimate of drug-likeness (QED) is 0.756. The minimum atomic E-state index is -0.945. The van der Waals surface area contributed by atoms with Gasteiger partial charge in [-0.2, -0.15) is 0 Å². The minimum Gasteiger partial charge on any atom is -0.478 e. The van der Waals surface area contributed by atoms with Gasteiger partial charge in [0.05, 0.1) is 5.56 Å². The summed E-state index contributed by atoms with van der Waals surface area (Å²) in [5.74, 6) is -0.447. The Hall–Kier alpha value is -2.62. The van der Waals surface area contributed by atoms with Gasteiger partial charge in [-0.25, -0.2) is 9.78 Å². The minimum absolute atomic E-state index is 0.0520. The highest BCUT2D eigenvalue weighted by molar-refractivity contribution is 5.88. The molecule has 0 atom stereocenters. The number of benzene rings is 2. The number of carboxylic acids is 1. The number of carboxylic acid groups (broad SMARTS) is 1. The third-order valence-corrected chi connectivity index (χ3v) is 3.63. The molecular formula is C18H17NO3. The summed E-state index contributed by atoms with van der Waals surface area (Å²) in [7, 11) is 0. The first-order valence-electron chi connectivity index (χ1n) is 7.09. The van der Waals surface area contributed by atoms with Gasteiger partial charge in [0, 0.05) is 5.56 Å². The van der Waals surface area contributed by atoms with Crippen molar-refractivity contribution in [2.75, 3.05) is 0 Å². The molecule has 1 N–H and O–H groups in total. The monoisotopic (exact) mass is 295 g/mol. The summed E-state index contributed by atoms with van der Waals surface area (Å²) in [5, 5.41) is 8.93. The van der Waals surface area contributed by atoms with E-state index in [1.807, 2.05) is 18.2 Å². The zero-order valence-corrected chi connectivity index (χ0v) is 12.8. The molecule has 1 heterocycles. The van der Waals surface area contributed by atoms with Crippen LogP contribution in [0.25, 0.3) is 22.6 Å². The number of hydrogen-bond acceptors (Lipinski definition) is 3. The fraction of sp³-hybridized carbons (Fsp3) is 0.222. The van der Waals surface area contributed by atoms with E-state index in [1.165, 1.54) is 5.56 Å². The van der Waals surface area contributed by atoms with Crippen LogP contribution in [0.4, 0.5) is 0 Å². The Bertz CT molecular complexity index is 839. The molecule has 0 saturated carbocycles. The molecule has 0 bridgehead atoms. The van der Waals surface area contributed by atoms with Crippen molar-refractivity contribution < 1.29 is 14.3 Å². The molecule has 112 valence electrons. The van der Waals surface area contributed by atoms with Gasteiger partial charge in [0.15, 0.2) is 5.58 Å². The maximum absolute atomic E-state index is 10.9. The molecule has 0 aliphatic carbocycles. The van der Waals surface area contributed by atoms with Gasteiger partial charge in [-0.15, -0.1) is 0 Å². The van der Waals surface area contributed by atoms with E-state index in [1.54, 1.807) is 24.3 Å². The van der Waals surface area contributed by atoms with E-state index in [9.17, 15) is 4.79 Å². The van der Waals surface area contributed by atoms with Gasteiger partial charge in [0.2, 0.25) is 5.89 Å². The third kappa shape index (κ3) is 2.60. The summed E-state index contributed by atoms with van der Waals surface area (Å²) in [6, 6.07) is 12.5. The summed E-state index contributed by atoms with van der Waals surface area (Å²) in [5.41, 5.74) is 3.79. The lowest BCUT2D eigenvalue weighted by atomic mass is 9.87. The van der Waals surface area contributed by atoms with Gasteiger partial charge in [-0.1, -0.05) is 26.8 Å². The number of aromatic carboxylic acids is 1. The lowest BCUT2D eigenvalue weighted by Gasteiger charge is -2.18. The predicted octanol–water partition coefficient (Wildman–Crippen LogP) is 4.49. The molecular weight excluding hydrogens is 278 g/mol. The summed E-state index contributed by atoms with van der Waals surface area (Å²) in [4.78, 5) is 15.4. The lowest BCUT2D eigenvalue weighted by Crippen LogP contribution is -2.10. The second-order valence-corrected chi connectivity index (χ2v) is 6.33. The van der Waals surface area contributed by atoms with E-state index in [0.29, 0.717) is 5.89 Å². The van der Waals surface area contributed by atoms with E-state index in [-0.39, 0.29) is 11.0 Å². The number of rotatable bonds is 2. The standard InChI is InChI=1S/C18H17NO3/c1-18(2,3)13-8-9-15-14(10-13)19-16(22-15)11-4-6-12(7-5-11)17(20)21/h4-10H,1-3H3,(H,20,21). The molecule has 0 spiro atoms. The van der Waals surface area contributed by atoms with Crippen molar-refractivity contribution in [1.82, 2.24) is 4.98 Å². The molecule has 0 unspecified atom stereocenters. The van der Waals surface area contributed by atoms with Crippen LogP contribution >= 0.6 is 0 Å². The Morgan fingerprint density at radius 3 is 2.36 bits per heavy atom. The third-order valence-electron chi connectivity index (χ3n) is 3.63. The fourth-order valence-electron chi connectivity index (χ4n) is 2.27. The fourth-order valence-corrected chi connectivity index (χ4v) is 2.27. The smallest absolute Gasteiger partial charge is 0.335 e. The largest absolute Gasteiger partial charge is 0.478 e. The van der Waals surface area contributed by atoms with Crippen LogP contribution < -0.4 is 0 Å². The Balaban J connectivity index is 2.03. The van der Waals surface area contributed by atoms with Crippen molar-refractivity contribution in [2.24, 2.45) is 0 Å². The number of nitrogens with zero attached hydrogens (tertiary/aromatic N) is 1. The van der Waals surface area contributed by atoms with Gasteiger partial charge in [0.25, 0.3) is 0 Å². The van der Waals surface area contributed by atoms with Crippen LogP contribution in [0.1, 0.15) is 36.7 Å². The molecule has 0 saturated heterocycles. The summed E-state index contributed by atoms with van der Waals surface area (Å²) < 4.78 is 5.76. The summed E-state index contributed by atoms with van der Waals surface area (Å²) in [6.45, 7) is 6.46. The maximum atomic E-state index is 10.9. The Labute approximate surface area is 128 Å². The molecule has 0 aliphatic heterocycles. The van der Waals surface area contributed by atoms with Crippen LogP contribution in [0.5, 0.6) is 0 Å². The van der Waals surface area contributed by atoms with E-state index in [0.717, 1.165) is 16.7 Å². The van der Waals surface area contributed by atoms with Crippen LogP contribution in [-0.4, -0.2) is 16.1 Å². The lowest BCUT2D eigenvalue weighted by molar-refractivity contribution is 0.0697. The van der Waals surface area contributed by atoms with Crippen LogP contribution in [0, 0.1) is 0 Å². The maximum Gasteiger partial charge on any atom is 0.335 e. The van der Waals surface area contributed by atoms with Gasteiger partial charge in [-0.05, 0) is 47.4 Å². The molecule has 0 amide bonds. The number of aromatic nitrogens is 1. The molecule has 22 heavy (non-hydrogen) atoms. The predicted molar refractivity (Wildman–Crippen MR) is 85.1 cm³/mol. The zero-order valence-electron chi connectivity index (χ0n) is 12.8. The van der Waals surface area contributed by atoms with Gasteiger partial charge < -0.3 is 9.52 Å². The van der Waals surface area contributed by atoms with Gasteiger partial charge in [-0.3, -0.25) is 0 Å². The molecule has 2 aromatic carbocycles. The zero-order chi connectivity index (χ0) is 15.9. The number of carbonyl (C=O) groups is 1. The van der Waals surface area contributed by atoms with E-state index >= 15 is 0 Å². The molecule has 3 rings (SSSR count). The first-order valence-corrected chi connectivity index (χ1v) is 7.09. The van der Waals surface area contributed by atoms with Crippen molar-refractivity contribution in [2.45, 2.75) is 26.2 Å². The van der Waals surface area contributed by atoms with Crippen LogP contribution in [0.2, 0.25) is 0 Å². The summed E-state index contributed by atoms with van der Waals surface area (Å²) in [6.07, 6.45) is 0. The molecule has 3 aromatic rings. The molecule has 4 heteroatoms. The first-order chi connectivity index (χ1) is 10.3. The van der Waals surface area contributed by atoms with E-state index in [2.05, 4.69) is 25.8 Å².